The van der Waals surface area contributed by atoms with Crippen LogP contribution >= 0.6 is 34.5 Å². The summed E-state index contributed by atoms with van der Waals surface area (Å²) in [5, 5.41) is 13.7. The Labute approximate surface area is 226 Å². The molecule has 10 heteroatoms. The number of esters is 1. The molecule has 0 aliphatic carbocycles. The summed E-state index contributed by atoms with van der Waals surface area (Å²) in [5.41, 5.74) is 1.86. The molecule has 0 aliphatic heterocycles. The molecule has 0 saturated heterocycles. The molecule has 0 spiro atoms. The van der Waals surface area contributed by atoms with E-state index in [9.17, 15) is 14.9 Å². The zero-order chi connectivity index (χ0) is 26.4. The van der Waals surface area contributed by atoms with Crippen molar-refractivity contribution in [2.75, 3.05) is 11.9 Å². The Bertz CT molecular complexity index is 1520. The van der Waals surface area contributed by atoms with Crippen molar-refractivity contribution in [3.63, 3.8) is 0 Å². The number of nitrogens with one attached hydrogen (secondary N) is 1. The van der Waals surface area contributed by atoms with Crippen LogP contribution in [0.1, 0.15) is 33.5 Å². The first-order chi connectivity index (χ1) is 17.9. The third kappa shape index (κ3) is 6.66. The minimum Gasteiger partial charge on any atom is -0.462 e. The Hall–Kier alpha value is -3.90. The largest absolute Gasteiger partial charge is 0.462 e. The van der Waals surface area contributed by atoms with Gasteiger partial charge in [-0.3, -0.25) is 10.1 Å². The molecule has 2 aromatic heterocycles. The van der Waals surface area contributed by atoms with E-state index < -0.39 is 11.9 Å². The summed E-state index contributed by atoms with van der Waals surface area (Å²) in [7, 11) is 0. The molecule has 0 unspecified atom stereocenters. The molecule has 2 aromatic carbocycles. The Morgan fingerprint density at radius 2 is 1.95 bits per heavy atom. The molecule has 0 bridgehead atoms. The maximum atomic E-state index is 12.7. The lowest BCUT2D eigenvalue weighted by atomic mass is 10.1. The van der Waals surface area contributed by atoms with Gasteiger partial charge in [0.25, 0.3) is 5.91 Å². The van der Waals surface area contributed by atoms with Gasteiger partial charge in [-0.15, -0.1) is 11.3 Å². The second-order valence-electron chi connectivity index (χ2n) is 7.67. The SMILES string of the molecule is CCOC(=O)c1ccc(-c2ccc(/C=C(\C#N)C(=O)Nc3ncc(Cc4cc(Cl)ccc4Cl)s3)o2)cc1. The standard InChI is InChI=1S/C27H19Cl2N3O4S/c1-2-35-26(34)17-5-3-16(4-6-17)24-10-8-21(36-24)12-19(14-30)25(33)32-27-31-15-22(37-27)13-18-11-20(28)7-9-23(18)29/h3-12,15H,2,13H2,1H3,(H,31,32,33)/b19-12+. The number of nitriles is 1. The fourth-order valence-electron chi connectivity index (χ4n) is 3.34. The van der Waals surface area contributed by atoms with Crippen molar-refractivity contribution < 1.29 is 18.7 Å². The summed E-state index contributed by atoms with van der Waals surface area (Å²) in [6.07, 6.45) is 3.50. The van der Waals surface area contributed by atoms with Crippen molar-refractivity contribution in [3.05, 3.63) is 98.2 Å². The van der Waals surface area contributed by atoms with Gasteiger partial charge in [0.15, 0.2) is 5.13 Å². The van der Waals surface area contributed by atoms with Crippen molar-refractivity contribution in [3.8, 4) is 17.4 Å². The third-order valence-electron chi connectivity index (χ3n) is 5.11. The number of hydrogen-bond acceptors (Lipinski definition) is 7. The van der Waals surface area contributed by atoms with Crippen LogP contribution < -0.4 is 5.32 Å². The molecule has 1 N–H and O–H groups in total. The van der Waals surface area contributed by atoms with E-state index >= 15 is 0 Å². The third-order valence-corrected chi connectivity index (χ3v) is 6.62. The van der Waals surface area contributed by atoms with E-state index in [2.05, 4.69) is 10.3 Å². The van der Waals surface area contributed by atoms with Crippen molar-refractivity contribution in [2.24, 2.45) is 0 Å². The van der Waals surface area contributed by atoms with Gasteiger partial charge in [-0.25, -0.2) is 9.78 Å². The molecule has 0 saturated carbocycles. The molecule has 7 nitrogen and oxygen atoms in total. The first-order valence-electron chi connectivity index (χ1n) is 11.1. The number of carbonyl (C=O) groups is 2. The second-order valence-corrected chi connectivity index (χ2v) is 9.63. The maximum Gasteiger partial charge on any atom is 0.338 e. The monoisotopic (exact) mass is 551 g/mol. The van der Waals surface area contributed by atoms with E-state index in [0.29, 0.717) is 45.3 Å². The van der Waals surface area contributed by atoms with Gasteiger partial charge < -0.3 is 9.15 Å². The molecule has 0 aliphatic rings. The Morgan fingerprint density at radius 3 is 2.68 bits per heavy atom. The zero-order valence-corrected chi connectivity index (χ0v) is 21.8. The minimum atomic E-state index is -0.610. The number of halogens is 2. The molecule has 0 radical (unpaired) electrons. The van der Waals surface area contributed by atoms with Gasteiger partial charge >= 0.3 is 5.97 Å². The smallest absolute Gasteiger partial charge is 0.338 e. The number of furan rings is 1. The average Bonchev–Trinajstić information content (AvgIpc) is 3.54. The number of amides is 1. The summed E-state index contributed by atoms with van der Waals surface area (Å²) in [6, 6.07) is 17.2. The number of hydrogen-bond donors (Lipinski definition) is 1. The lowest BCUT2D eigenvalue weighted by molar-refractivity contribution is -0.112. The molecule has 0 fully saturated rings. The fraction of sp³-hybridized carbons (Fsp3) is 0.111. The molecular formula is C27H19Cl2N3O4S. The normalized spacial score (nSPS) is 11.1. The van der Waals surface area contributed by atoms with Gasteiger partial charge in [0, 0.05) is 39.2 Å². The van der Waals surface area contributed by atoms with Crippen molar-refractivity contribution in [1.29, 1.82) is 5.26 Å². The summed E-state index contributed by atoms with van der Waals surface area (Å²) < 4.78 is 10.8. The van der Waals surface area contributed by atoms with E-state index in [4.69, 9.17) is 32.4 Å². The molecule has 1 amide bonds. The van der Waals surface area contributed by atoms with E-state index in [-0.39, 0.29) is 5.57 Å². The predicted molar refractivity (Wildman–Crippen MR) is 144 cm³/mol. The van der Waals surface area contributed by atoms with Crippen molar-refractivity contribution in [2.45, 2.75) is 13.3 Å². The lowest BCUT2D eigenvalue weighted by Gasteiger charge is -2.03. The van der Waals surface area contributed by atoms with Gasteiger partial charge in [0.2, 0.25) is 0 Å². The first kappa shape index (κ1) is 26.2. The van der Waals surface area contributed by atoms with E-state index in [1.165, 1.54) is 17.4 Å². The lowest BCUT2D eigenvalue weighted by Crippen LogP contribution is -2.13. The minimum absolute atomic E-state index is 0.145. The molecule has 4 rings (SSSR count). The number of ether oxygens (including phenoxy) is 1. The highest BCUT2D eigenvalue weighted by Crippen LogP contribution is 2.28. The van der Waals surface area contributed by atoms with Crippen LogP contribution in [0.2, 0.25) is 10.0 Å². The topological polar surface area (TPSA) is 105 Å². The van der Waals surface area contributed by atoms with Crippen LogP contribution in [-0.2, 0) is 16.0 Å². The number of aromatic nitrogens is 1. The highest BCUT2D eigenvalue weighted by molar-refractivity contribution is 7.15. The first-order valence-corrected chi connectivity index (χ1v) is 12.6. The maximum absolute atomic E-state index is 12.7. The molecule has 186 valence electrons. The van der Waals surface area contributed by atoms with Crippen LogP contribution in [-0.4, -0.2) is 23.5 Å². The Morgan fingerprint density at radius 1 is 1.16 bits per heavy atom. The number of benzene rings is 2. The molecule has 37 heavy (non-hydrogen) atoms. The van der Waals surface area contributed by atoms with Crippen LogP contribution in [0.15, 0.2) is 70.8 Å². The summed E-state index contributed by atoms with van der Waals surface area (Å²) in [4.78, 5) is 29.6. The van der Waals surface area contributed by atoms with E-state index in [1.807, 2.05) is 6.07 Å². The number of carbonyl (C=O) groups excluding carboxylic acids is 2. The van der Waals surface area contributed by atoms with Crippen LogP contribution in [0.3, 0.4) is 0 Å². The van der Waals surface area contributed by atoms with Gasteiger partial charge in [0.1, 0.15) is 23.2 Å². The molecular weight excluding hydrogens is 533 g/mol. The summed E-state index contributed by atoms with van der Waals surface area (Å²) >= 11 is 13.6. The van der Waals surface area contributed by atoms with Gasteiger partial charge in [0.05, 0.1) is 12.2 Å². The van der Waals surface area contributed by atoms with E-state index in [0.717, 1.165) is 16.0 Å². The van der Waals surface area contributed by atoms with Crippen LogP contribution in [0.5, 0.6) is 0 Å². The van der Waals surface area contributed by atoms with Gasteiger partial charge in [-0.1, -0.05) is 35.3 Å². The van der Waals surface area contributed by atoms with Crippen LogP contribution in [0, 0.1) is 11.3 Å². The Kier molecular flexibility index (Phi) is 8.41. The second kappa shape index (κ2) is 11.9. The van der Waals surface area contributed by atoms with Gasteiger partial charge in [-0.2, -0.15) is 5.26 Å². The van der Waals surface area contributed by atoms with Gasteiger partial charge in [-0.05, 0) is 55.0 Å². The van der Waals surface area contributed by atoms with Crippen LogP contribution in [0.25, 0.3) is 17.4 Å². The molecule has 2 heterocycles. The van der Waals surface area contributed by atoms with Crippen LogP contribution in [0.4, 0.5) is 5.13 Å². The van der Waals surface area contributed by atoms with E-state index in [1.54, 1.807) is 67.7 Å². The molecule has 4 aromatic rings. The number of nitrogens with zero attached hydrogens (tertiary/aromatic N) is 2. The quantitative estimate of drug-likeness (QED) is 0.143. The number of rotatable bonds is 8. The summed E-state index contributed by atoms with van der Waals surface area (Å²) in [5.74, 6) is -0.168. The summed E-state index contributed by atoms with van der Waals surface area (Å²) in [6.45, 7) is 2.04. The number of thiazole rings is 1. The fourth-order valence-corrected chi connectivity index (χ4v) is 4.55. The predicted octanol–water partition coefficient (Wildman–Crippen LogP) is 7.02. The highest BCUT2D eigenvalue weighted by Gasteiger charge is 2.15. The Balaban J connectivity index is 1.43. The highest BCUT2D eigenvalue weighted by atomic mass is 35.5. The molecule has 0 atom stereocenters. The average molecular weight is 552 g/mol. The van der Waals surface area contributed by atoms with Crippen molar-refractivity contribution in [1.82, 2.24) is 4.98 Å². The van der Waals surface area contributed by atoms with Crippen molar-refractivity contribution >= 4 is 57.6 Å². The zero-order valence-electron chi connectivity index (χ0n) is 19.5. The number of anilines is 1.